The second kappa shape index (κ2) is 7.90. The monoisotopic (exact) mass is 414 g/mol. The Kier molecular flexibility index (Phi) is 5.44. The van der Waals surface area contributed by atoms with E-state index in [1.165, 1.54) is 0 Å². The summed E-state index contributed by atoms with van der Waals surface area (Å²) in [4.78, 5) is 50.0. The Hall–Kier alpha value is -2.62. The van der Waals surface area contributed by atoms with Crippen LogP contribution in [0.25, 0.3) is 0 Å². The van der Waals surface area contributed by atoms with Gasteiger partial charge in [-0.15, -0.1) is 0 Å². The number of ether oxygens (including phenoxy) is 1. The fourth-order valence-corrected chi connectivity index (χ4v) is 4.18. The SMILES string of the molecule is CC1(C)NC(CCNCc2ccc3c(c2)C(=O)N(C2CCC(=O)NC2=O)C3=O)CO1. The third-order valence-corrected chi connectivity index (χ3v) is 5.70. The molecule has 160 valence electrons. The predicted octanol–water partition coefficient (Wildman–Crippen LogP) is 0.292. The molecule has 9 heteroatoms. The summed E-state index contributed by atoms with van der Waals surface area (Å²) in [6, 6.07) is 4.50. The summed E-state index contributed by atoms with van der Waals surface area (Å²) >= 11 is 0. The van der Waals surface area contributed by atoms with E-state index < -0.39 is 23.8 Å². The lowest BCUT2D eigenvalue weighted by molar-refractivity contribution is -0.136. The number of carbonyl (C=O) groups excluding carboxylic acids is 4. The molecule has 3 aliphatic rings. The first-order chi connectivity index (χ1) is 14.2. The van der Waals surface area contributed by atoms with Crippen LogP contribution in [0.1, 0.15) is 59.4 Å². The number of fused-ring (bicyclic) bond motifs is 1. The van der Waals surface area contributed by atoms with Crippen LogP contribution in [0.4, 0.5) is 0 Å². The zero-order valence-electron chi connectivity index (χ0n) is 17.1. The normalized spacial score (nSPS) is 25.6. The fourth-order valence-electron chi connectivity index (χ4n) is 4.18. The molecular formula is C21H26N4O5. The number of nitrogens with one attached hydrogen (secondary N) is 3. The van der Waals surface area contributed by atoms with E-state index in [2.05, 4.69) is 16.0 Å². The quantitative estimate of drug-likeness (QED) is 0.453. The molecule has 4 rings (SSSR count). The summed E-state index contributed by atoms with van der Waals surface area (Å²) in [7, 11) is 0. The first-order valence-corrected chi connectivity index (χ1v) is 10.2. The van der Waals surface area contributed by atoms with Gasteiger partial charge >= 0.3 is 0 Å². The van der Waals surface area contributed by atoms with Crippen molar-refractivity contribution in [2.45, 2.75) is 57.5 Å². The molecule has 3 N–H and O–H groups in total. The van der Waals surface area contributed by atoms with Crippen LogP contribution in [0.15, 0.2) is 18.2 Å². The van der Waals surface area contributed by atoms with Gasteiger partial charge in [0.15, 0.2) is 0 Å². The van der Waals surface area contributed by atoms with E-state index in [4.69, 9.17) is 4.74 Å². The topological polar surface area (TPSA) is 117 Å². The molecule has 2 saturated heterocycles. The van der Waals surface area contributed by atoms with Crippen LogP contribution in [0.5, 0.6) is 0 Å². The fraction of sp³-hybridized carbons (Fsp3) is 0.524. The lowest BCUT2D eigenvalue weighted by atomic mass is 10.0. The van der Waals surface area contributed by atoms with Crippen LogP contribution in [0.2, 0.25) is 0 Å². The van der Waals surface area contributed by atoms with Gasteiger partial charge in [-0.25, -0.2) is 0 Å². The summed E-state index contributed by atoms with van der Waals surface area (Å²) in [5.41, 5.74) is 1.20. The molecular weight excluding hydrogens is 388 g/mol. The van der Waals surface area contributed by atoms with Crippen LogP contribution in [-0.4, -0.2) is 59.5 Å². The molecule has 0 spiro atoms. The van der Waals surface area contributed by atoms with E-state index in [0.717, 1.165) is 23.4 Å². The first kappa shape index (κ1) is 20.6. The number of carbonyl (C=O) groups is 4. The van der Waals surface area contributed by atoms with E-state index in [1.807, 2.05) is 19.9 Å². The number of piperidine rings is 1. The minimum Gasteiger partial charge on any atom is -0.360 e. The van der Waals surface area contributed by atoms with Crippen LogP contribution in [-0.2, 0) is 20.9 Å². The molecule has 30 heavy (non-hydrogen) atoms. The molecule has 1 aromatic rings. The van der Waals surface area contributed by atoms with Gasteiger partial charge in [0.05, 0.1) is 17.7 Å². The predicted molar refractivity (Wildman–Crippen MR) is 106 cm³/mol. The standard InChI is InChI=1S/C21H26N4O5/c1-21(2)24-13(11-30-21)7-8-22-10-12-3-4-14-15(9-12)20(29)25(19(14)28)16-5-6-17(26)23-18(16)27/h3-4,9,13,16,22,24H,5-8,10-11H2,1-2H3,(H,23,26,27). The maximum Gasteiger partial charge on any atom is 0.262 e. The van der Waals surface area contributed by atoms with E-state index in [-0.39, 0.29) is 24.5 Å². The number of amides is 4. The average molecular weight is 414 g/mol. The molecule has 1 aromatic carbocycles. The van der Waals surface area contributed by atoms with E-state index in [0.29, 0.717) is 30.3 Å². The van der Waals surface area contributed by atoms with Crippen LogP contribution < -0.4 is 16.0 Å². The zero-order valence-corrected chi connectivity index (χ0v) is 17.1. The number of imide groups is 2. The van der Waals surface area contributed by atoms with Gasteiger partial charge in [0.1, 0.15) is 11.8 Å². The van der Waals surface area contributed by atoms with Crippen molar-refractivity contribution in [3.63, 3.8) is 0 Å². The van der Waals surface area contributed by atoms with Crippen molar-refractivity contribution < 1.29 is 23.9 Å². The van der Waals surface area contributed by atoms with Crippen molar-refractivity contribution >= 4 is 23.6 Å². The maximum absolute atomic E-state index is 12.8. The number of hydrogen-bond acceptors (Lipinski definition) is 7. The molecule has 0 bridgehead atoms. The second-order valence-electron chi connectivity index (χ2n) is 8.46. The van der Waals surface area contributed by atoms with Crippen molar-refractivity contribution in [3.05, 3.63) is 34.9 Å². The Labute approximate surface area is 174 Å². The number of rotatable bonds is 6. The van der Waals surface area contributed by atoms with Gasteiger partial charge in [-0.1, -0.05) is 6.07 Å². The smallest absolute Gasteiger partial charge is 0.262 e. The molecule has 9 nitrogen and oxygen atoms in total. The van der Waals surface area contributed by atoms with Crippen LogP contribution in [0.3, 0.4) is 0 Å². The summed E-state index contributed by atoms with van der Waals surface area (Å²) in [5.74, 6) is -1.96. The number of benzene rings is 1. The lowest BCUT2D eigenvalue weighted by Crippen LogP contribution is -2.54. The van der Waals surface area contributed by atoms with Gasteiger partial charge in [0.25, 0.3) is 11.8 Å². The average Bonchev–Trinajstić information content (AvgIpc) is 3.16. The molecule has 2 atom stereocenters. The van der Waals surface area contributed by atoms with E-state index >= 15 is 0 Å². The van der Waals surface area contributed by atoms with Crippen LogP contribution in [0, 0.1) is 0 Å². The Morgan fingerprint density at radius 1 is 1.17 bits per heavy atom. The van der Waals surface area contributed by atoms with Gasteiger partial charge < -0.3 is 10.1 Å². The minimum atomic E-state index is -0.943. The van der Waals surface area contributed by atoms with Gasteiger partial charge in [0.2, 0.25) is 11.8 Å². The molecule has 0 radical (unpaired) electrons. The van der Waals surface area contributed by atoms with E-state index in [9.17, 15) is 19.2 Å². The Morgan fingerprint density at radius 3 is 2.63 bits per heavy atom. The Balaban J connectivity index is 1.36. The molecule has 2 fully saturated rings. The molecule has 2 unspecified atom stereocenters. The van der Waals surface area contributed by atoms with Crippen molar-refractivity contribution in [1.82, 2.24) is 20.9 Å². The highest BCUT2D eigenvalue weighted by Crippen LogP contribution is 2.28. The first-order valence-electron chi connectivity index (χ1n) is 10.2. The maximum atomic E-state index is 12.8. The molecule has 0 saturated carbocycles. The molecule has 4 amide bonds. The summed E-state index contributed by atoms with van der Waals surface area (Å²) in [6.07, 6.45) is 1.17. The molecule has 3 heterocycles. The minimum absolute atomic E-state index is 0.108. The third-order valence-electron chi connectivity index (χ3n) is 5.70. The van der Waals surface area contributed by atoms with Crippen molar-refractivity contribution in [2.75, 3.05) is 13.2 Å². The van der Waals surface area contributed by atoms with Crippen molar-refractivity contribution in [2.24, 2.45) is 0 Å². The van der Waals surface area contributed by atoms with Crippen molar-refractivity contribution in [1.29, 1.82) is 0 Å². The second-order valence-corrected chi connectivity index (χ2v) is 8.46. The molecule has 3 aliphatic heterocycles. The van der Waals surface area contributed by atoms with Gasteiger partial charge in [0, 0.05) is 19.0 Å². The molecule has 0 aromatic heterocycles. The van der Waals surface area contributed by atoms with Gasteiger partial charge in [-0.05, 0) is 50.9 Å². The van der Waals surface area contributed by atoms with Gasteiger partial charge in [-0.2, -0.15) is 0 Å². The largest absolute Gasteiger partial charge is 0.360 e. The summed E-state index contributed by atoms with van der Waals surface area (Å²) in [6.45, 7) is 6.02. The van der Waals surface area contributed by atoms with Gasteiger partial charge in [-0.3, -0.25) is 34.7 Å². The Bertz CT molecular complexity index is 913. The highest BCUT2D eigenvalue weighted by Gasteiger charge is 2.44. The Morgan fingerprint density at radius 2 is 1.93 bits per heavy atom. The van der Waals surface area contributed by atoms with Crippen LogP contribution >= 0.6 is 0 Å². The molecule has 0 aliphatic carbocycles. The number of nitrogens with zero attached hydrogens (tertiary/aromatic N) is 1. The summed E-state index contributed by atoms with van der Waals surface area (Å²) < 4.78 is 5.65. The highest BCUT2D eigenvalue weighted by molar-refractivity contribution is 6.23. The number of hydrogen-bond donors (Lipinski definition) is 3. The lowest BCUT2D eigenvalue weighted by Gasteiger charge is -2.27. The van der Waals surface area contributed by atoms with E-state index in [1.54, 1.807) is 12.1 Å². The zero-order chi connectivity index (χ0) is 21.5. The van der Waals surface area contributed by atoms with Crippen molar-refractivity contribution in [3.8, 4) is 0 Å². The summed E-state index contributed by atoms with van der Waals surface area (Å²) in [5, 5.41) is 8.96. The highest BCUT2D eigenvalue weighted by atomic mass is 16.5. The third kappa shape index (κ3) is 4.00.